The van der Waals surface area contributed by atoms with Crippen LogP contribution in [0.1, 0.15) is 69.9 Å². The third-order valence-corrected chi connectivity index (χ3v) is 9.62. The molecular weight excluding hydrogens is 682 g/mol. The van der Waals surface area contributed by atoms with Crippen LogP contribution in [0.3, 0.4) is 0 Å². The highest BCUT2D eigenvalue weighted by molar-refractivity contribution is 6.38. The SMILES string of the molecule is CCC[C@@H](NC(=O)[C@@H]1[C@H]2CC=C[C@H]2CN1C(=O)[C@@H](NC(=O)[C@@H](NC(=O)c1cnccn1)C(C)C)C(C)C)C(=O)C(=O)N[C@@H](Cc1ccccc1)C(=O)O. The maximum atomic E-state index is 14.3. The predicted molar refractivity (Wildman–Crippen MR) is 193 cm³/mol. The second-order valence-electron chi connectivity index (χ2n) is 14.2. The number of hydrogen-bond acceptors (Lipinski definition) is 9. The lowest BCUT2D eigenvalue weighted by atomic mass is 9.92. The van der Waals surface area contributed by atoms with Gasteiger partial charge in [-0.2, -0.15) is 0 Å². The van der Waals surface area contributed by atoms with Gasteiger partial charge in [0.25, 0.3) is 11.8 Å². The number of amides is 5. The Morgan fingerprint density at radius 3 is 2.19 bits per heavy atom. The highest BCUT2D eigenvalue weighted by atomic mass is 16.4. The summed E-state index contributed by atoms with van der Waals surface area (Å²) in [5, 5.41) is 20.3. The molecule has 2 aromatic rings. The maximum absolute atomic E-state index is 14.3. The number of nitrogens with zero attached hydrogens (tertiary/aromatic N) is 3. The van der Waals surface area contributed by atoms with Crippen LogP contribution < -0.4 is 21.3 Å². The predicted octanol–water partition coefficient (Wildman–Crippen LogP) is 1.44. The normalized spacial score (nSPS) is 19.8. The van der Waals surface area contributed by atoms with E-state index < -0.39 is 77.4 Å². The summed E-state index contributed by atoms with van der Waals surface area (Å²) in [6.07, 6.45) is 8.91. The minimum Gasteiger partial charge on any atom is -0.480 e. The molecule has 1 aliphatic carbocycles. The number of ketones is 1. The summed E-state index contributed by atoms with van der Waals surface area (Å²) in [6, 6.07) is 2.92. The zero-order chi connectivity index (χ0) is 38.8. The van der Waals surface area contributed by atoms with Gasteiger partial charge in [0.1, 0.15) is 29.9 Å². The van der Waals surface area contributed by atoms with E-state index in [1.165, 1.54) is 23.5 Å². The third kappa shape index (κ3) is 10.1. The van der Waals surface area contributed by atoms with Crippen LogP contribution in [0.4, 0.5) is 0 Å². The molecule has 53 heavy (non-hydrogen) atoms. The Hall–Kier alpha value is -5.47. The summed E-state index contributed by atoms with van der Waals surface area (Å²) in [5.74, 6) is -6.98. The second-order valence-corrected chi connectivity index (χ2v) is 14.2. The van der Waals surface area contributed by atoms with Gasteiger partial charge in [-0.25, -0.2) is 9.78 Å². The van der Waals surface area contributed by atoms with Crippen LogP contribution in [0, 0.1) is 23.7 Å². The molecule has 1 aromatic heterocycles. The number of benzene rings is 1. The number of aromatic nitrogens is 2. The van der Waals surface area contributed by atoms with Crippen LogP contribution in [-0.2, 0) is 35.2 Å². The number of nitrogens with one attached hydrogen (secondary N) is 4. The smallest absolute Gasteiger partial charge is 0.326 e. The maximum Gasteiger partial charge on any atom is 0.326 e. The minimum absolute atomic E-state index is 0.0270. The molecule has 1 aliphatic heterocycles. The van der Waals surface area contributed by atoms with E-state index in [0.29, 0.717) is 18.4 Å². The Morgan fingerprint density at radius 1 is 0.887 bits per heavy atom. The van der Waals surface area contributed by atoms with Crippen molar-refractivity contribution in [2.75, 3.05) is 6.54 Å². The zero-order valence-electron chi connectivity index (χ0n) is 30.7. The number of aliphatic carboxylic acids is 1. The van der Waals surface area contributed by atoms with E-state index in [9.17, 15) is 38.7 Å². The zero-order valence-corrected chi connectivity index (χ0v) is 30.7. The summed E-state index contributed by atoms with van der Waals surface area (Å²) in [6.45, 7) is 8.99. The average Bonchev–Trinajstić information content (AvgIpc) is 3.74. The van der Waals surface area contributed by atoms with Gasteiger partial charge >= 0.3 is 5.97 Å². The molecule has 15 nitrogen and oxygen atoms in total. The molecule has 0 spiro atoms. The lowest BCUT2D eigenvalue weighted by Crippen LogP contribution is -2.60. The largest absolute Gasteiger partial charge is 0.480 e. The van der Waals surface area contributed by atoms with E-state index in [1.54, 1.807) is 65.0 Å². The van der Waals surface area contributed by atoms with Gasteiger partial charge < -0.3 is 31.3 Å². The van der Waals surface area contributed by atoms with Gasteiger partial charge in [0.2, 0.25) is 23.5 Å². The molecule has 15 heteroatoms. The first kappa shape index (κ1) is 40.3. The van der Waals surface area contributed by atoms with Crippen molar-refractivity contribution in [2.24, 2.45) is 23.7 Å². The fourth-order valence-electron chi connectivity index (χ4n) is 6.78. The van der Waals surface area contributed by atoms with Crippen molar-refractivity contribution in [3.05, 3.63) is 72.3 Å². The van der Waals surface area contributed by atoms with Crippen molar-refractivity contribution in [3.63, 3.8) is 0 Å². The van der Waals surface area contributed by atoms with E-state index in [0.717, 1.165) is 0 Å². The summed E-state index contributed by atoms with van der Waals surface area (Å²) < 4.78 is 0. The quantitative estimate of drug-likeness (QED) is 0.117. The van der Waals surface area contributed by atoms with Crippen molar-refractivity contribution in [1.82, 2.24) is 36.1 Å². The van der Waals surface area contributed by atoms with Gasteiger partial charge in [-0.3, -0.25) is 33.8 Å². The Morgan fingerprint density at radius 2 is 1.58 bits per heavy atom. The minimum atomic E-state index is -1.38. The molecule has 0 unspecified atom stereocenters. The molecule has 2 aliphatic rings. The van der Waals surface area contributed by atoms with Gasteiger partial charge in [0, 0.05) is 31.3 Å². The van der Waals surface area contributed by atoms with Gasteiger partial charge in [0.05, 0.1) is 12.2 Å². The van der Waals surface area contributed by atoms with Crippen molar-refractivity contribution in [1.29, 1.82) is 0 Å². The molecule has 0 saturated carbocycles. The van der Waals surface area contributed by atoms with Crippen LogP contribution in [0.5, 0.6) is 0 Å². The first-order chi connectivity index (χ1) is 25.2. The Labute approximate surface area is 308 Å². The highest BCUT2D eigenvalue weighted by Gasteiger charge is 2.50. The molecule has 4 rings (SSSR count). The standard InChI is InChI=1S/C38H49N7O8/c1-6-11-26(32(46)36(50)42-27(38(52)53)18-23-12-8-7-9-13-23)41-35(49)31-25-15-10-14-24(25)20-45(31)37(51)30(22(4)5)44-34(48)29(21(2)3)43-33(47)28-19-39-16-17-40-28/h7-10,12-14,16-17,19,21-22,24-27,29-31H,6,11,15,18,20H2,1-5H3,(H,41,49)(H,42,50)(H,43,47)(H,44,48)(H,52,53)/t24-,25-,26+,27-,29-,30-,31-/m0/s1. The molecule has 284 valence electrons. The van der Waals surface area contributed by atoms with Crippen LogP contribution in [0.2, 0.25) is 0 Å². The molecule has 5 N–H and O–H groups in total. The van der Waals surface area contributed by atoms with Crippen LogP contribution in [-0.4, -0.2) is 98.0 Å². The fraction of sp³-hybridized carbons (Fsp3) is 0.500. The number of likely N-dealkylation sites (tertiary alicyclic amines) is 1. The van der Waals surface area contributed by atoms with Gasteiger partial charge in [-0.15, -0.1) is 0 Å². The number of carboxylic acid groups (broad SMARTS) is 1. The number of allylic oxidation sites excluding steroid dienone is 1. The van der Waals surface area contributed by atoms with Crippen molar-refractivity contribution < 1.29 is 38.7 Å². The summed E-state index contributed by atoms with van der Waals surface area (Å²) in [4.78, 5) is 103. The molecule has 1 fully saturated rings. The van der Waals surface area contributed by atoms with Gasteiger partial charge in [-0.1, -0.05) is 83.5 Å². The Kier molecular flexibility index (Phi) is 13.9. The second kappa shape index (κ2) is 18.3. The first-order valence-corrected chi connectivity index (χ1v) is 18.0. The number of rotatable bonds is 17. The Bertz CT molecular complexity index is 1680. The molecule has 0 radical (unpaired) electrons. The fourth-order valence-corrected chi connectivity index (χ4v) is 6.78. The van der Waals surface area contributed by atoms with Crippen molar-refractivity contribution >= 4 is 41.3 Å². The first-order valence-electron chi connectivity index (χ1n) is 18.0. The third-order valence-electron chi connectivity index (χ3n) is 9.62. The number of hydrogen-bond donors (Lipinski definition) is 5. The van der Waals surface area contributed by atoms with Crippen molar-refractivity contribution in [3.8, 4) is 0 Å². The molecular formula is C38H49N7O8. The summed E-state index contributed by atoms with van der Waals surface area (Å²) in [7, 11) is 0. The molecule has 1 saturated heterocycles. The van der Waals surface area contributed by atoms with E-state index in [1.807, 2.05) is 12.2 Å². The topological polar surface area (TPSA) is 217 Å². The molecule has 5 amide bonds. The molecule has 1 aromatic carbocycles. The van der Waals surface area contributed by atoms with Crippen molar-refractivity contribution in [2.45, 2.75) is 90.5 Å². The summed E-state index contributed by atoms with van der Waals surface area (Å²) in [5.41, 5.74) is 0.679. The molecule has 0 bridgehead atoms. The lowest BCUT2D eigenvalue weighted by Gasteiger charge is -2.33. The number of carboxylic acids is 1. The van der Waals surface area contributed by atoms with Gasteiger partial charge in [0.15, 0.2) is 0 Å². The number of carbonyl (C=O) groups excluding carboxylic acids is 6. The van der Waals surface area contributed by atoms with Crippen LogP contribution >= 0.6 is 0 Å². The number of Topliss-reactive ketones (excluding diaryl/α,β-unsaturated/α-hetero) is 1. The highest BCUT2D eigenvalue weighted by Crippen LogP contribution is 2.39. The summed E-state index contributed by atoms with van der Waals surface area (Å²) >= 11 is 0. The Balaban J connectivity index is 1.50. The van der Waals surface area contributed by atoms with Crippen LogP contribution in [0.15, 0.2) is 61.1 Å². The molecule has 7 atom stereocenters. The average molecular weight is 732 g/mol. The van der Waals surface area contributed by atoms with E-state index in [4.69, 9.17) is 0 Å². The van der Waals surface area contributed by atoms with E-state index in [2.05, 4.69) is 31.2 Å². The lowest BCUT2D eigenvalue weighted by molar-refractivity contribution is -0.146. The number of fused-ring (bicyclic) bond motifs is 1. The van der Waals surface area contributed by atoms with E-state index >= 15 is 0 Å². The molecule has 2 heterocycles. The van der Waals surface area contributed by atoms with E-state index in [-0.39, 0.29) is 42.8 Å². The monoisotopic (exact) mass is 731 g/mol. The van der Waals surface area contributed by atoms with Gasteiger partial charge in [-0.05, 0) is 36.2 Å². The number of carbonyl (C=O) groups is 7. The van der Waals surface area contributed by atoms with Crippen LogP contribution in [0.25, 0.3) is 0 Å².